The fraction of sp³-hybridized carbons (Fsp3) is 0.481. The maximum Gasteiger partial charge on any atom is 0.256 e. The molecule has 2 amide bonds. The molecule has 0 radical (unpaired) electrons. The van der Waals surface area contributed by atoms with Gasteiger partial charge in [-0.25, -0.2) is 8.78 Å². The number of hydrogen-bond donors (Lipinski definition) is 1. The van der Waals surface area contributed by atoms with Crippen LogP contribution in [0.25, 0.3) is 0 Å². The highest BCUT2D eigenvalue weighted by molar-refractivity contribution is 6.05. The minimum Gasteiger partial charge on any atom is -0.337 e. The lowest BCUT2D eigenvalue weighted by Crippen LogP contribution is -2.54. The molecule has 2 aromatic rings. The summed E-state index contributed by atoms with van der Waals surface area (Å²) in [7, 11) is 0. The zero-order chi connectivity index (χ0) is 24.4. The summed E-state index contributed by atoms with van der Waals surface area (Å²) < 4.78 is 28.4. The van der Waals surface area contributed by atoms with E-state index in [-0.39, 0.29) is 29.0 Å². The van der Waals surface area contributed by atoms with Crippen molar-refractivity contribution in [3.8, 4) is 0 Å². The molecule has 1 aliphatic heterocycles. The van der Waals surface area contributed by atoms with E-state index in [1.54, 1.807) is 13.0 Å². The van der Waals surface area contributed by atoms with Crippen molar-refractivity contribution in [2.24, 2.45) is 5.92 Å². The lowest BCUT2D eigenvalue weighted by Gasteiger charge is -2.41. The molecule has 34 heavy (non-hydrogen) atoms. The Morgan fingerprint density at radius 1 is 1.06 bits per heavy atom. The summed E-state index contributed by atoms with van der Waals surface area (Å²) in [4.78, 5) is 29.9. The summed E-state index contributed by atoms with van der Waals surface area (Å²) in [6.07, 6.45) is 4.28. The molecule has 2 fully saturated rings. The first kappa shape index (κ1) is 24.3. The Balaban J connectivity index is 1.44. The molecular weight excluding hydrogens is 436 g/mol. The van der Waals surface area contributed by atoms with E-state index in [9.17, 15) is 18.4 Å². The smallest absolute Gasteiger partial charge is 0.256 e. The molecule has 1 saturated carbocycles. The van der Waals surface area contributed by atoms with Gasteiger partial charge < -0.3 is 10.2 Å². The summed E-state index contributed by atoms with van der Waals surface area (Å²) in [5.74, 6) is -0.903. The Bertz CT molecular complexity index is 1080. The van der Waals surface area contributed by atoms with Crippen LogP contribution in [0.5, 0.6) is 0 Å². The van der Waals surface area contributed by atoms with Gasteiger partial charge in [-0.05, 0) is 74.6 Å². The number of halogens is 2. The Morgan fingerprint density at radius 3 is 2.50 bits per heavy atom. The second kappa shape index (κ2) is 10.2. The van der Waals surface area contributed by atoms with E-state index in [4.69, 9.17) is 0 Å². The van der Waals surface area contributed by atoms with Gasteiger partial charge in [0.25, 0.3) is 5.91 Å². The van der Waals surface area contributed by atoms with Crippen LogP contribution in [0.15, 0.2) is 30.3 Å². The first-order chi connectivity index (χ1) is 16.2. The van der Waals surface area contributed by atoms with Gasteiger partial charge in [0.2, 0.25) is 5.91 Å². The van der Waals surface area contributed by atoms with E-state index >= 15 is 0 Å². The Kier molecular flexibility index (Phi) is 7.31. The number of nitrogens with zero attached hydrogens (tertiary/aromatic N) is 2. The molecule has 182 valence electrons. The molecule has 0 bridgehead atoms. The molecule has 2 aliphatic rings. The minimum atomic E-state index is -0.468. The van der Waals surface area contributed by atoms with Gasteiger partial charge in [-0.15, -0.1) is 0 Å². The zero-order valence-corrected chi connectivity index (χ0v) is 20.2. The van der Waals surface area contributed by atoms with E-state index < -0.39 is 17.5 Å². The summed E-state index contributed by atoms with van der Waals surface area (Å²) in [6.45, 7) is 8.12. The predicted molar refractivity (Wildman–Crippen MR) is 129 cm³/mol. The molecule has 0 aromatic heterocycles. The minimum absolute atomic E-state index is 0.103. The predicted octanol–water partition coefficient (Wildman–Crippen LogP) is 5.06. The van der Waals surface area contributed by atoms with Crippen LogP contribution in [0.2, 0.25) is 0 Å². The van der Waals surface area contributed by atoms with Crippen molar-refractivity contribution in [3.63, 3.8) is 0 Å². The Hall–Kier alpha value is -2.80. The summed E-state index contributed by atoms with van der Waals surface area (Å²) >= 11 is 0. The highest BCUT2D eigenvalue weighted by Gasteiger charge is 2.33. The number of piperazine rings is 1. The van der Waals surface area contributed by atoms with Crippen LogP contribution in [-0.4, -0.2) is 47.3 Å². The molecule has 1 saturated heterocycles. The van der Waals surface area contributed by atoms with Gasteiger partial charge in [0.05, 0.1) is 0 Å². The molecule has 1 N–H and O–H groups in total. The molecule has 0 unspecified atom stereocenters. The normalized spacial score (nSPS) is 19.4. The van der Waals surface area contributed by atoms with Crippen LogP contribution in [0.3, 0.4) is 0 Å². The van der Waals surface area contributed by atoms with Gasteiger partial charge in [-0.3, -0.25) is 14.5 Å². The zero-order valence-electron chi connectivity index (χ0n) is 20.2. The third-order valence-corrected chi connectivity index (χ3v) is 7.33. The van der Waals surface area contributed by atoms with Gasteiger partial charge in [-0.2, -0.15) is 0 Å². The van der Waals surface area contributed by atoms with Crippen molar-refractivity contribution < 1.29 is 18.4 Å². The van der Waals surface area contributed by atoms with Crippen LogP contribution in [0.4, 0.5) is 14.5 Å². The maximum atomic E-state index is 14.5. The van der Waals surface area contributed by atoms with Crippen molar-refractivity contribution >= 4 is 17.5 Å². The van der Waals surface area contributed by atoms with Gasteiger partial charge in [0.15, 0.2) is 0 Å². The molecule has 4 rings (SSSR count). The van der Waals surface area contributed by atoms with E-state index in [0.717, 1.165) is 49.9 Å². The van der Waals surface area contributed by atoms with Crippen molar-refractivity contribution in [1.82, 2.24) is 9.80 Å². The number of hydrogen-bond acceptors (Lipinski definition) is 3. The number of anilines is 1. The van der Waals surface area contributed by atoms with Crippen LogP contribution < -0.4 is 5.32 Å². The van der Waals surface area contributed by atoms with Crippen molar-refractivity contribution in [2.75, 3.05) is 25.0 Å². The van der Waals surface area contributed by atoms with Crippen molar-refractivity contribution in [2.45, 2.75) is 59.0 Å². The standard InChI is InChI=1S/C27H33F2N3O2/c1-17-15-31(11-12-32(17)27(34)20-7-4-5-8-20)16-21-13-22(28)14-25(18(21)2)30-26(33)23-9-6-10-24(29)19(23)3/h6,9-10,13-14,17,20H,4-5,7-8,11-12,15-16H2,1-3H3,(H,30,33)/t17-/m0/s1. The molecule has 1 aliphatic carbocycles. The molecule has 7 heteroatoms. The van der Waals surface area contributed by atoms with E-state index in [2.05, 4.69) is 17.1 Å². The van der Waals surface area contributed by atoms with E-state index in [0.29, 0.717) is 18.8 Å². The van der Waals surface area contributed by atoms with Crippen LogP contribution in [0.1, 0.15) is 59.7 Å². The number of nitrogens with one attached hydrogen (secondary N) is 1. The van der Waals surface area contributed by atoms with E-state index in [1.165, 1.54) is 24.3 Å². The molecular formula is C27H33F2N3O2. The molecule has 1 heterocycles. The average molecular weight is 470 g/mol. The second-order valence-corrected chi connectivity index (χ2v) is 9.70. The number of rotatable bonds is 5. The van der Waals surface area contributed by atoms with Gasteiger partial charge >= 0.3 is 0 Å². The topological polar surface area (TPSA) is 52.6 Å². The van der Waals surface area contributed by atoms with Crippen LogP contribution in [0, 0.1) is 31.4 Å². The maximum absolute atomic E-state index is 14.5. The Labute approximate surface area is 200 Å². The van der Waals surface area contributed by atoms with Gasteiger partial charge in [0, 0.05) is 49.4 Å². The van der Waals surface area contributed by atoms with Crippen molar-refractivity contribution in [3.05, 3.63) is 64.2 Å². The first-order valence-corrected chi connectivity index (χ1v) is 12.1. The number of benzene rings is 2. The monoisotopic (exact) mass is 469 g/mol. The van der Waals surface area contributed by atoms with E-state index in [1.807, 2.05) is 11.8 Å². The third-order valence-electron chi connectivity index (χ3n) is 7.33. The molecule has 1 atom stereocenters. The molecule has 5 nitrogen and oxygen atoms in total. The van der Waals surface area contributed by atoms with Crippen LogP contribution in [-0.2, 0) is 11.3 Å². The number of carbonyl (C=O) groups excluding carboxylic acids is 2. The third kappa shape index (κ3) is 5.14. The lowest BCUT2D eigenvalue weighted by atomic mass is 10.0. The van der Waals surface area contributed by atoms with Crippen LogP contribution >= 0.6 is 0 Å². The highest BCUT2D eigenvalue weighted by atomic mass is 19.1. The van der Waals surface area contributed by atoms with Crippen molar-refractivity contribution in [1.29, 1.82) is 0 Å². The Morgan fingerprint density at radius 2 is 1.79 bits per heavy atom. The largest absolute Gasteiger partial charge is 0.337 e. The summed E-state index contributed by atoms with van der Waals surface area (Å²) in [5, 5.41) is 2.76. The van der Waals surface area contributed by atoms with Gasteiger partial charge in [0.1, 0.15) is 11.6 Å². The first-order valence-electron chi connectivity index (χ1n) is 12.1. The molecule has 0 spiro atoms. The highest BCUT2D eigenvalue weighted by Crippen LogP contribution is 2.29. The second-order valence-electron chi connectivity index (χ2n) is 9.70. The molecule has 2 aromatic carbocycles. The fourth-order valence-electron chi connectivity index (χ4n) is 5.22. The average Bonchev–Trinajstić information content (AvgIpc) is 3.33. The number of amides is 2. The SMILES string of the molecule is Cc1c(CN2CCN(C(=O)C3CCCC3)[C@@H](C)C2)cc(F)cc1NC(=O)c1cccc(F)c1C. The van der Waals surface area contributed by atoms with Gasteiger partial charge in [-0.1, -0.05) is 18.9 Å². The summed E-state index contributed by atoms with van der Waals surface area (Å²) in [5.41, 5.74) is 2.43. The number of carbonyl (C=O) groups is 2. The lowest BCUT2D eigenvalue weighted by molar-refractivity contribution is -0.140. The quantitative estimate of drug-likeness (QED) is 0.666. The summed E-state index contributed by atoms with van der Waals surface area (Å²) in [6, 6.07) is 7.24. The fourth-order valence-corrected chi connectivity index (χ4v) is 5.22.